The third-order valence-electron chi connectivity index (χ3n) is 3.33. The monoisotopic (exact) mass is 333 g/mol. The van der Waals surface area contributed by atoms with Crippen molar-refractivity contribution in [1.82, 2.24) is 14.3 Å². The standard InChI is InChI=1S/C14H12BrN3O2/c1-17-7-10(15)8-4-3-5-9(13(8)17)12-6-11(14(19)20)16-18(12)2/h3-7H,1-2H3,(H,19,20). The molecule has 0 fully saturated rings. The molecule has 0 amide bonds. The average Bonchev–Trinajstić information content (AvgIpc) is 2.92. The fraction of sp³-hybridized carbons (Fsp3) is 0.143. The van der Waals surface area contributed by atoms with Crippen LogP contribution in [0.1, 0.15) is 10.5 Å². The molecule has 0 spiro atoms. The molecule has 0 atom stereocenters. The maximum Gasteiger partial charge on any atom is 0.356 e. The van der Waals surface area contributed by atoms with Crippen LogP contribution < -0.4 is 0 Å². The summed E-state index contributed by atoms with van der Waals surface area (Å²) >= 11 is 3.53. The van der Waals surface area contributed by atoms with Gasteiger partial charge in [-0.1, -0.05) is 18.2 Å². The van der Waals surface area contributed by atoms with Gasteiger partial charge in [0.25, 0.3) is 0 Å². The van der Waals surface area contributed by atoms with Crippen molar-refractivity contribution in [3.63, 3.8) is 0 Å². The molecule has 0 bridgehead atoms. The number of aromatic carboxylic acids is 1. The molecule has 0 unspecified atom stereocenters. The van der Waals surface area contributed by atoms with Gasteiger partial charge >= 0.3 is 5.97 Å². The lowest BCUT2D eigenvalue weighted by Gasteiger charge is -2.06. The van der Waals surface area contributed by atoms with E-state index in [0.717, 1.165) is 26.6 Å². The van der Waals surface area contributed by atoms with Gasteiger partial charge in [0.05, 0.1) is 11.2 Å². The molecule has 6 heteroatoms. The van der Waals surface area contributed by atoms with Gasteiger partial charge in [-0.2, -0.15) is 5.10 Å². The largest absolute Gasteiger partial charge is 0.476 e. The number of para-hydroxylation sites is 1. The molecule has 0 saturated heterocycles. The molecule has 3 rings (SSSR count). The molecule has 3 aromatic rings. The quantitative estimate of drug-likeness (QED) is 0.784. The Labute approximate surface area is 123 Å². The number of carboxylic acid groups (broad SMARTS) is 1. The van der Waals surface area contributed by atoms with Crippen LogP contribution in [0.4, 0.5) is 0 Å². The number of carbonyl (C=O) groups is 1. The van der Waals surface area contributed by atoms with Crippen LogP contribution in [0.15, 0.2) is 34.9 Å². The van der Waals surface area contributed by atoms with Crippen molar-refractivity contribution in [2.75, 3.05) is 0 Å². The van der Waals surface area contributed by atoms with E-state index in [1.54, 1.807) is 17.8 Å². The van der Waals surface area contributed by atoms with Gasteiger partial charge in [-0.05, 0) is 22.0 Å². The summed E-state index contributed by atoms with van der Waals surface area (Å²) in [5.41, 5.74) is 2.83. The van der Waals surface area contributed by atoms with Gasteiger partial charge < -0.3 is 9.67 Å². The molecule has 0 aliphatic rings. The van der Waals surface area contributed by atoms with Crippen LogP contribution in [0.5, 0.6) is 0 Å². The maximum atomic E-state index is 11.0. The molecule has 0 saturated carbocycles. The second-order valence-electron chi connectivity index (χ2n) is 4.63. The first kappa shape index (κ1) is 12.9. The molecule has 0 aliphatic carbocycles. The van der Waals surface area contributed by atoms with Crippen LogP contribution in [0.2, 0.25) is 0 Å². The average molecular weight is 334 g/mol. The predicted molar refractivity (Wildman–Crippen MR) is 79.8 cm³/mol. The van der Waals surface area contributed by atoms with Gasteiger partial charge in [0, 0.05) is 35.7 Å². The van der Waals surface area contributed by atoms with Crippen LogP contribution >= 0.6 is 15.9 Å². The van der Waals surface area contributed by atoms with Crippen molar-refractivity contribution in [3.05, 3.63) is 40.6 Å². The van der Waals surface area contributed by atoms with Crippen molar-refractivity contribution >= 4 is 32.8 Å². The zero-order valence-electron chi connectivity index (χ0n) is 11.0. The summed E-state index contributed by atoms with van der Waals surface area (Å²) in [7, 11) is 3.71. The number of nitrogens with zero attached hydrogens (tertiary/aromatic N) is 3. The minimum Gasteiger partial charge on any atom is -0.476 e. The van der Waals surface area contributed by atoms with E-state index in [1.807, 2.05) is 36.0 Å². The van der Waals surface area contributed by atoms with Crippen LogP contribution in [-0.2, 0) is 14.1 Å². The molecule has 5 nitrogen and oxygen atoms in total. The van der Waals surface area contributed by atoms with Crippen molar-refractivity contribution in [2.24, 2.45) is 14.1 Å². The highest BCUT2D eigenvalue weighted by Gasteiger charge is 2.16. The Hall–Kier alpha value is -2.08. The fourth-order valence-corrected chi connectivity index (χ4v) is 3.08. The Kier molecular flexibility index (Phi) is 2.90. The third-order valence-corrected chi connectivity index (χ3v) is 3.96. The number of rotatable bonds is 2. The predicted octanol–water partition coefficient (Wildman–Crippen LogP) is 3.04. The van der Waals surface area contributed by atoms with E-state index >= 15 is 0 Å². The summed E-state index contributed by atoms with van der Waals surface area (Å²) in [5.74, 6) is -1.02. The lowest BCUT2D eigenvalue weighted by atomic mass is 10.1. The summed E-state index contributed by atoms with van der Waals surface area (Å²) in [5, 5.41) is 14.2. The normalized spacial score (nSPS) is 11.2. The molecule has 1 N–H and O–H groups in total. The number of hydrogen-bond acceptors (Lipinski definition) is 2. The second kappa shape index (κ2) is 4.49. The molecular weight excluding hydrogens is 322 g/mol. The topological polar surface area (TPSA) is 60.1 Å². The summed E-state index contributed by atoms with van der Waals surface area (Å²) in [4.78, 5) is 11.0. The van der Waals surface area contributed by atoms with E-state index in [1.165, 1.54) is 0 Å². The highest BCUT2D eigenvalue weighted by Crippen LogP contribution is 2.33. The van der Waals surface area contributed by atoms with Gasteiger partial charge in [-0.3, -0.25) is 4.68 Å². The SMILES string of the molecule is Cn1nc(C(=O)O)cc1-c1cccc2c(Br)cn(C)c12. The van der Waals surface area contributed by atoms with Gasteiger partial charge in [0.1, 0.15) is 0 Å². The second-order valence-corrected chi connectivity index (χ2v) is 5.49. The highest BCUT2D eigenvalue weighted by atomic mass is 79.9. The summed E-state index contributed by atoms with van der Waals surface area (Å²) in [6, 6.07) is 7.54. The van der Waals surface area contributed by atoms with Crippen molar-refractivity contribution in [1.29, 1.82) is 0 Å². The van der Waals surface area contributed by atoms with Crippen LogP contribution in [0.3, 0.4) is 0 Å². The van der Waals surface area contributed by atoms with Crippen LogP contribution in [-0.4, -0.2) is 25.4 Å². The minimum atomic E-state index is -1.02. The smallest absolute Gasteiger partial charge is 0.356 e. The summed E-state index contributed by atoms with van der Waals surface area (Å²) in [6.45, 7) is 0. The van der Waals surface area contributed by atoms with E-state index in [4.69, 9.17) is 5.11 Å². The molecule has 1 aromatic carbocycles. The van der Waals surface area contributed by atoms with E-state index < -0.39 is 5.97 Å². The summed E-state index contributed by atoms with van der Waals surface area (Å²) < 4.78 is 4.62. The Morgan fingerprint density at radius 1 is 1.35 bits per heavy atom. The van der Waals surface area contributed by atoms with Gasteiger partial charge in [0.2, 0.25) is 0 Å². The molecule has 2 heterocycles. The van der Waals surface area contributed by atoms with Gasteiger partial charge in [0.15, 0.2) is 5.69 Å². The number of hydrogen-bond donors (Lipinski definition) is 1. The first-order valence-corrected chi connectivity index (χ1v) is 6.79. The van der Waals surface area contributed by atoms with Crippen molar-refractivity contribution < 1.29 is 9.90 Å². The maximum absolute atomic E-state index is 11.0. The first-order chi connectivity index (χ1) is 9.49. The molecule has 20 heavy (non-hydrogen) atoms. The van der Waals surface area contributed by atoms with E-state index in [0.29, 0.717) is 0 Å². The Bertz CT molecular complexity index is 832. The minimum absolute atomic E-state index is 0.0489. The Morgan fingerprint density at radius 2 is 2.10 bits per heavy atom. The molecule has 102 valence electrons. The zero-order chi connectivity index (χ0) is 14.4. The molecule has 0 radical (unpaired) electrons. The van der Waals surface area contributed by atoms with E-state index in [-0.39, 0.29) is 5.69 Å². The number of benzene rings is 1. The number of aryl methyl sites for hydroxylation is 2. The number of halogens is 1. The van der Waals surface area contributed by atoms with Crippen molar-refractivity contribution in [3.8, 4) is 11.3 Å². The molecular formula is C14H12BrN3O2. The van der Waals surface area contributed by atoms with Crippen LogP contribution in [0.25, 0.3) is 22.2 Å². The van der Waals surface area contributed by atoms with E-state index in [9.17, 15) is 4.79 Å². The zero-order valence-corrected chi connectivity index (χ0v) is 12.5. The number of fused-ring (bicyclic) bond motifs is 1. The molecule has 2 aromatic heterocycles. The first-order valence-electron chi connectivity index (χ1n) is 6.00. The van der Waals surface area contributed by atoms with E-state index in [2.05, 4.69) is 21.0 Å². The Morgan fingerprint density at radius 3 is 2.75 bits per heavy atom. The lowest BCUT2D eigenvalue weighted by Crippen LogP contribution is -1.99. The third kappa shape index (κ3) is 1.84. The molecule has 0 aliphatic heterocycles. The Balaban J connectivity index is 2.32. The fourth-order valence-electron chi connectivity index (χ4n) is 2.45. The number of aromatic nitrogens is 3. The number of carboxylic acids is 1. The van der Waals surface area contributed by atoms with Crippen LogP contribution in [0, 0.1) is 0 Å². The lowest BCUT2D eigenvalue weighted by molar-refractivity contribution is 0.0689. The highest BCUT2D eigenvalue weighted by molar-refractivity contribution is 9.10. The van der Waals surface area contributed by atoms with Gasteiger partial charge in [-0.15, -0.1) is 0 Å². The van der Waals surface area contributed by atoms with Crippen molar-refractivity contribution in [2.45, 2.75) is 0 Å². The summed E-state index contributed by atoms with van der Waals surface area (Å²) in [6.07, 6.45) is 1.99. The van der Waals surface area contributed by atoms with Gasteiger partial charge in [-0.25, -0.2) is 4.79 Å².